The van der Waals surface area contributed by atoms with E-state index in [1.165, 1.54) is 17.0 Å². The predicted octanol–water partition coefficient (Wildman–Crippen LogP) is -0.228. The van der Waals surface area contributed by atoms with Crippen LogP contribution in [0.15, 0.2) is 36.8 Å². The van der Waals surface area contributed by atoms with E-state index in [1.807, 2.05) is 12.1 Å². The lowest BCUT2D eigenvalue weighted by Crippen LogP contribution is -2.34. The molecule has 0 saturated carbocycles. The van der Waals surface area contributed by atoms with Crippen molar-refractivity contribution in [1.82, 2.24) is 19.6 Å². The molecule has 0 bridgehead atoms. The van der Waals surface area contributed by atoms with E-state index in [-0.39, 0.29) is 0 Å². The second-order valence-electron chi connectivity index (χ2n) is 6.87. The Bertz CT molecular complexity index is 1170. The first-order chi connectivity index (χ1) is 14.7. The quantitative estimate of drug-likeness (QED) is 0.361. The molecule has 3 aromatic rings. The molecule has 1 aromatic carbocycles. The van der Waals surface area contributed by atoms with Crippen molar-refractivity contribution in [2.24, 2.45) is 5.14 Å². The zero-order chi connectivity index (χ0) is 22.2. The molecule has 2 aromatic heterocycles. The van der Waals surface area contributed by atoms with E-state index >= 15 is 0 Å². The Morgan fingerprint density at radius 1 is 1.23 bits per heavy atom. The standard InChI is InChI=1S/C17H19ClN6O6S/c18-10-3-1-9(2-4-10)5-20-17-22-8-21-16-11(6-23-24(16)17)15-14(26)13(25)12(30-15)7-29-31(19,27)28/h1-4,6,8,12-15,25-26H,5,7H2,(H2,19,27,28)(H,20,21,22). The van der Waals surface area contributed by atoms with E-state index in [0.717, 1.165) is 5.56 Å². The van der Waals surface area contributed by atoms with Crippen molar-refractivity contribution >= 4 is 33.5 Å². The summed E-state index contributed by atoms with van der Waals surface area (Å²) in [5, 5.41) is 33.4. The predicted molar refractivity (Wildman–Crippen MR) is 108 cm³/mol. The number of nitrogens with two attached hydrogens (primary N) is 1. The van der Waals surface area contributed by atoms with Gasteiger partial charge in [-0.05, 0) is 17.7 Å². The Labute approximate surface area is 181 Å². The number of aliphatic hydroxyl groups excluding tert-OH is 2. The summed E-state index contributed by atoms with van der Waals surface area (Å²) < 4.78 is 33.5. The molecule has 4 rings (SSSR count). The average Bonchev–Trinajstić information content (AvgIpc) is 3.27. The van der Waals surface area contributed by atoms with Crippen LogP contribution in [-0.2, 0) is 25.8 Å². The van der Waals surface area contributed by atoms with E-state index in [4.69, 9.17) is 21.5 Å². The van der Waals surface area contributed by atoms with Gasteiger partial charge >= 0.3 is 10.3 Å². The molecule has 166 valence electrons. The highest BCUT2D eigenvalue weighted by Gasteiger charge is 2.45. The summed E-state index contributed by atoms with van der Waals surface area (Å²) in [5.74, 6) is 0.397. The van der Waals surface area contributed by atoms with Crippen LogP contribution in [0.3, 0.4) is 0 Å². The van der Waals surface area contributed by atoms with Crippen molar-refractivity contribution in [3.05, 3.63) is 52.9 Å². The molecule has 1 aliphatic heterocycles. The summed E-state index contributed by atoms with van der Waals surface area (Å²) in [6.45, 7) is -0.0949. The molecule has 4 atom stereocenters. The van der Waals surface area contributed by atoms with Crippen LogP contribution in [0.25, 0.3) is 5.65 Å². The average molecular weight is 471 g/mol. The van der Waals surface area contributed by atoms with Crippen molar-refractivity contribution in [2.45, 2.75) is 31.0 Å². The first kappa shape index (κ1) is 21.8. The highest BCUT2D eigenvalue weighted by molar-refractivity contribution is 7.84. The molecular formula is C17H19ClN6O6S. The Hall–Kier alpha value is -2.39. The Morgan fingerprint density at radius 2 is 1.97 bits per heavy atom. The monoisotopic (exact) mass is 470 g/mol. The largest absolute Gasteiger partial charge is 0.387 e. The Balaban J connectivity index is 1.54. The van der Waals surface area contributed by atoms with Crippen LogP contribution in [0.2, 0.25) is 5.02 Å². The van der Waals surface area contributed by atoms with Crippen LogP contribution in [0.4, 0.5) is 5.95 Å². The topological polar surface area (TPSA) is 174 Å². The summed E-state index contributed by atoms with van der Waals surface area (Å²) in [6.07, 6.45) is -2.13. The fraction of sp³-hybridized carbons (Fsp3) is 0.353. The van der Waals surface area contributed by atoms with Gasteiger partial charge in [0.05, 0.1) is 12.8 Å². The molecule has 0 spiro atoms. The molecule has 0 amide bonds. The molecule has 1 aliphatic rings. The SMILES string of the molecule is NS(=O)(=O)OCC1OC(c2cnn3c(NCc4ccc(Cl)cc4)ncnc23)C(O)C1O. The molecule has 0 aliphatic carbocycles. The maximum atomic E-state index is 11.0. The number of rotatable bonds is 7. The van der Waals surface area contributed by atoms with Gasteiger partial charge in [-0.1, -0.05) is 23.7 Å². The van der Waals surface area contributed by atoms with Gasteiger partial charge in [-0.2, -0.15) is 18.0 Å². The number of fused-ring (bicyclic) bond motifs is 1. The van der Waals surface area contributed by atoms with E-state index in [1.54, 1.807) is 12.1 Å². The first-order valence-electron chi connectivity index (χ1n) is 9.08. The fourth-order valence-electron chi connectivity index (χ4n) is 3.24. The molecule has 5 N–H and O–H groups in total. The fourth-order valence-corrected chi connectivity index (χ4v) is 3.69. The summed E-state index contributed by atoms with van der Waals surface area (Å²) in [6, 6.07) is 7.30. The number of hydrogen-bond donors (Lipinski definition) is 4. The van der Waals surface area contributed by atoms with Crippen LogP contribution in [-0.4, -0.2) is 63.1 Å². The van der Waals surface area contributed by atoms with Crippen LogP contribution >= 0.6 is 11.6 Å². The summed E-state index contributed by atoms with van der Waals surface area (Å²) in [5.41, 5.74) is 1.71. The summed E-state index contributed by atoms with van der Waals surface area (Å²) in [7, 11) is -4.22. The van der Waals surface area contributed by atoms with Gasteiger partial charge in [-0.25, -0.2) is 15.1 Å². The molecule has 3 heterocycles. The van der Waals surface area contributed by atoms with Crippen molar-refractivity contribution in [3.63, 3.8) is 0 Å². The molecule has 0 radical (unpaired) electrons. The third-order valence-electron chi connectivity index (χ3n) is 4.76. The zero-order valence-electron chi connectivity index (χ0n) is 15.9. The number of anilines is 1. The van der Waals surface area contributed by atoms with Gasteiger partial charge in [-0.15, -0.1) is 0 Å². The van der Waals surface area contributed by atoms with Gasteiger partial charge in [0.2, 0.25) is 5.95 Å². The Kier molecular flexibility index (Phi) is 6.07. The number of hydrogen-bond acceptors (Lipinski definition) is 10. The molecule has 4 unspecified atom stereocenters. The van der Waals surface area contributed by atoms with Crippen LogP contribution in [0.1, 0.15) is 17.2 Å². The second kappa shape index (κ2) is 8.63. The second-order valence-corrected chi connectivity index (χ2v) is 8.52. The Morgan fingerprint density at radius 3 is 2.68 bits per heavy atom. The van der Waals surface area contributed by atoms with Gasteiger partial charge in [0.1, 0.15) is 30.7 Å². The number of aliphatic hydroxyl groups is 2. The van der Waals surface area contributed by atoms with Gasteiger partial charge < -0.3 is 20.3 Å². The van der Waals surface area contributed by atoms with Crippen LogP contribution in [0, 0.1) is 0 Å². The summed E-state index contributed by atoms with van der Waals surface area (Å²) in [4.78, 5) is 8.38. The molecule has 1 saturated heterocycles. The molecule has 14 heteroatoms. The van der Waals surface area contributed by atoms with E-state index < -0.39 is 41.3 Å². The number of benzene rings is 1. The van der Waals surface area contributed by atoms with E-state index in [0.29, 0.717) is 28.7 Å². The number of ether oxygens (including phenoxy) is 1. The van der Waals surface area contributed by atoms with Gasteiger partial charge in [-0.3, -0.25) is 4.18 Å². The van der Waals surface area contributed by atoms with Gasteiger partial charge in [0.15, 0.2) is 5.65 Å². The normalized spacial score (nSPS) is 24.0. The van der Waals surface area contributed by atoms with Gasteiger partial charge in [0, 0.05) is 17.1 Å². The molecule has 12 nitrogen and oxygen atoms in total. The van der Waals surface area contributed by atoms with Crippen LogP contribution in [0.5, 0.6) is 0 Å². The maximum absolute atomic E-state index is 11.0. The maximum Gasteiger partial charge on any atom is 0.333 e. The number of halogens is 1. The number of nitrogens with zero attached hydrogens (tertiary/aromatic N) is 4. The number of aromatic nitrogens is 4. The van der Waals surface area contributed by atoms with Gasteiger partial charge in [0.25, 0.3) is 0 Å². The lowest BCUT2D eigenvalue weighted by atomic mass is 10.0. The van der Waals surface area contributed by atoms with E-state index in [9.17, 15) is 18.6 Å². The zero-order valence-corrected chi connectivity index (χ0v) is 17.4. The highest BCUT2D eigenvalue weighted by atomic mass is 35.5. The lowest BCUT2D eigenvalue weighted by Gasteiger charge is -2.13. The minimum atomic E-state index is -4.22. The smallest absolute Gasteiger partial charge is 0.333 e. The molecule has 1 fully saturated rings. The first-order valence-corrected chi connectivity index (χ1v) is 10.9. The third kappa shape index (κ3) is 4.77. The van der Waals surface area contributed by atoms with E-state index in [2.05, 4.69) is 24.6 Å². The summed E-state index contributed by atoms with van der Waals surface area (Å²) >= 11 is 5.90. The number of nitrogens with one attached hydrogen (secondary N) is 1. The molecular weight excluding hydrogens is 452 g/mol. The highest BCUT2D eigenvalue weighted by Crippen LogP contribution is 2.35. The minimum Gasteiger partial charge on any atom is -0.387 e. The van der Waals surface area contributed by atoms with Crippen molar-refractivity contribution in [2.75, 3.05) is 11.9 Å². The minimum absolute atomic E-state index is 0.345. The van der Waals surface area contributed by atoms with Crippen molar-refractivity contribution < 1.29 is 27.6 Å². The van der Waals surface area contributed by atoms with Crippen molar-refractivity contribution in [1.29, 1.82) is 0 Å². The van der Waals surface area contributed by atoms with Crippen LogP contribution < -0.4 is 10.5 Å². The molecule has 31 heavy (non-hydrogen) atoms. The van der Waals surface area contributed by atoms with Crippen molar-refractivity contribution in [3.8, 4) is 0 Å². The lowest BCUT2D eigenvalue weighted by molar-refractivity contribution is -0.0153. The third-order valence-corrected chi connectivity index (χ3v) is 5.48.